The maximum Gasteiger partial charge on any atom is 0.237 e. The summed E-state index contributed by atoms with van der Waals surface area (Å²) in [4.78, 5) is 11.4. The number of carbonyl (C=O) groups is 1. The van der Waals surface area contributed by atoms with Gasteiger partial charge in [-0.2, -0.15) is 0 Å². The molecule has 13 heavy (non-hydrogen) atoms. The summed E-state index contributed by atoms with van der Waals surface area (Å²) < 4.78 is 12.7. The molecule has 0 aliphatic carbocycles. The number of carbonyl (C=O) groups excluding carboxylic acids is 1. The Bertz CT molecular complexity index is 208. The summed E-state index contributed by atoms with van der Waals surface area (Å²) in [6.45, 7) is 5.65. The van der Waals surface area contributed by atoms with Crippen molar-refractivity contribution < 1.29 is 9.18 Å². The van der Waals surface area contributed by atoms with Crippen LogP contribution in [0, 0.1) is 0 Å². The minimum absolute atomic E-state index is 0.0621. The van der Waals surface area contributed by atoms with E-state index in [1.807, 2.05) is 6.92 Å². The maximum absolute atomic E-state index is 12.7. The van der Waals surface area contributed by atoms with E-state index in [0.717, 1.165) is 0 Å². The van der Waals surface area contributed by atoms with Crippen LogP contribution in [0.4, 0.5) is 4.39 Å². The molecule has 0 saturated carbocycles. The molecular formula is C9H15FN2O. The number of halogens is 1. The topological polar surface area (TPSA) is 41.1 Å². The highest BCUT2D eigenvalue weighted by molar-refractivity contribution is 5.82. The minimum atomic E-state index is -0.894. The molecule has 1 heterocycles. The van der Waals surface area contributed by atoms with Crippen LogP contribution in [0.2, 0.25) is 0 Å². The molecule has 1 fully saturated rings. The van der Waals surface area contributed by atoms with Gasteiger partial charge in [0, 0.05) is 19.0 Å². The Labute approximate surface area is 77.4 Å². The Hall–Kier alpha value is -0.900. The number of hydrogen-bond acceptors (Lipinski definition) is 2. The van der Waals surface area contributed by atoms with E-state index in [4.69, 9.17) is 0 Å². The Kier molecular flexibility index (Phi) is 3.42. The van der Waals surface area contributed by atoms with Crippen molar-refractivity contribution in [3.63, 3.8) is 0 Å². The number of rotatable bonds is 3. The molecule has 0 radical (unpaired) electrons. The first-order chi connectivity index (χ1) is 6.13. The molecular weight excluding hydrogens is 171 g/mol. The van der Waals surface area contributed by atoms with E-state index in [1.165, 1.54) is 0 Å². The van der Waals surface area contributed by atoms with Crippen LogP contribution in [0.15, 0.2) is 12.7 Å². The van der Waals surface area contributed by atoms with Crippen LogP contribution in [0.25, 0.3) is 0 Å². The van der Waals surface area contributed by atoms with Gasteiger partial charge in [-0.3, -0.25) is 4.79 Å². The van der Waals surface area contributed by atoms with Gasteiger partial charge >= 0.3 is 0 Å². The molecule has 1 rings (SSSR count). The summed E-state index contributed by atoms with van der Waals surface area (Å²) in [5.41, 5.74) is 0. The first-order valence-electron chi connectivity index (χ1n) is 4.44. The lowest BCUT2D eigenvalue weighted by Gasteiger charge is -2.13. The van der Waals surface area contributed by atoms with Crippen molar-refractivity contribution in [1.82, 2.24) is 10.6 Å². The third-order valence-corrected chi connectivity index (χ3v) is 2.12. The van der Waals surface area contributed by atoms with Gasteiger partial charge < -0.3 is 10.6 Å². The maximum atomic E-state index is 12.7. The van der Waals surface area contributed by atoms with Crippen LogP contribution in [-0.2, 0) is 4.79 Å². The molecule has 1 aliphatic rings. The Morgan fingerprint density at radius 3 is 3.00 bits per heavy atom. The fourth-order valence-electron chi connectivity index (χ4n) is 1.28. The van der Waals surface area contributed by atoms with E-state index in [-0.39, 0.29) is 31.0 Å². The highest BCUT2D eigenvalue weighted by Crippen LogP contribution is 2.09. The summed E-state index contributed by atoms with van der Waals surface area (Å²) in [5, 5.41) is 5.52. The smallest absolute Gasteiger partial charge is 0.237 e. The molecule has 3 atom stereocenters. The number of amides is 1. The molecule has 1 aliphatic heterocycles. The van der Waals surface area contributed by atoms with Gasteiger partial charge in [-0.15, -0.1) is 6.58 Å². The van der Waals surface area contributed by atoms with Crippen LogP contribution in [0.3, 0.4) is 0 Å². The van der Waals surface area contributed by atoms with E-state index >= 15 is 0 Å². The van der Waals surface area contributed by atoms with Gasteiger partial charge in [0.2, 0.25) is 5.91 Å². The molecule has 74 valence electrons. The largest absolute Gasteiger partial charge is 0.349 e. The average Bonchev–Trinajstić information content (AvgIpc) is 2.51. The summed E-state index contributed by atoms with van der Waals surface area (Å²) in [5.74, 6) is -0.146. The van der Waals surface area contributed by atoms with E-state index in [0.29, 0.717) is 0 Å². The molecule has 0 aromatic carbocycles. The summed E-state index contributed by atoms with van der Waals surface area (Å²) in [6.07, 6.45) is 1.02. The van der Waals surface area contributed by atoms with Crippen LogP contribution in [-0.4, -0.2) is 30.7 Å². The first kappa shape index (κ1) is 10.2. The monoisotopic (exact) mass is 186 g/mol. The number of hydrogen-bond donors (Lipinski definition) is 2. The zero-order valence-electron chi connectivity index (χ0n) is 7.72. The van der Waals surface area contributed by atoms with Gasteiger partial charge in [-0.1, -0.05) is 6.08 Å². The molecule has 0 aromatic rings. The van der Waals surface area contributed by atoms with Crippen LogP contribution >= 0.6 is 0 Å². The standard InChI is InChI=1S/C9H15FN2O/c1-3-6(2)12-9(13)8-4-7(10)5-11-8/h3,6-8,11H,1,4-5H2,2H3,(H,12,13)/t6?,7-,8+/m0/s1. The van der Waals surface area contributed by atoms with Crippen molar-refractivity contribution in [2.75, 3.05) is 6.54 Å². The molecule has 1 saturated heterocycles. The van der Waals surface area contributed by atoms with Crippen molar-refractivity contribution in [3.8, 4) is 0 Å². The third-order valence-electron chi connectivity index (χ3n) is 2.12. The summed E-state index contributed by atoms with van der Waals surface area (Å²) >= 11 is 0. The molecule has 0 aromatic heterocycles. The van der Waals surface area contributed by atoms with E-state index in [1.54, 1.807) is 6.08 Å². The highest BCUT2D eigenvalue weighted by Gasteiger charge is 2.29. The fourth-order valence-corrected chi connectivity index (χ4v) is 1.28. The lowest BCUT2D eigenvalue weighted by Crippen LogP contribution is -2.43. The van der Waals surface area contributed by atoms with Crippen LogP contribution in [0.5, 0.6) is 0 Å². The van der Waals surface area contributed by atoms with E-state index in [2.05, 4.69) is 17.2 Å². The quantitative estimate of drug-likeness (QED) is 0.625. The predicted molar refractivity (Wildman–Crippen MR) is 49.1 cm³/mol. The van der Waals surface area contributed by atoms with Crippen molar-refractivity contribution >= 4 is 5.91 Å². The predicted octanol–water partition coefficient (Wildman–Crippen LogP) is 0.377. The van der Waals surface area contributed by atoms with Crippen molar-refractivity contribution in [2.24, 2.45) is 0 Å². The van der Waals surface area contributed by atoms with Crippen molar-refractivity contribution in [1.29, 1.82) is 0 Å². The van der Waals surface area contributed by atoms with Gasteiger partial charge in [0.05, 0.1) is 6.04 Å². The summed E-state index contributed by atoms with van der Waals surface area (Å²) in [7, 11) is 0. The van der Waals surface area contributed by atoms with Crippen LogP contribution < -0.4 is 10.6 Å². The molecule has 1 amide bonds. The molecule has 1 unspecified atom stereocenters. The number of alkyl halides is 1. The molecule has 0 bridgehead atoms. The SMILES string of the molecule is C=CC(C)NC(=O)[C@H]1C[C@H](F)CN1. The zero-order valence-corrected chi connectivity index (χ0v) is 7.72. The molecule has 2 N–H and O–H groups in total. The van der Waals surface area contributed by atoms with Crippen LogP contribution in [0.1, 0.15) is 13.3 Å². The zero-order chi connectivity index (χ0) is 9.84. The van der Waals surface area contributed by atoms with Gasteiger partial charge in [-0.05, 0) is 6.92 Å². The average molecular weight is 186 g/mol. The van der Waals surface area contributed by atoms with Gasteiger partial charge in [0.1, 0.15) is 6.17 Å². The highest BCUT2D eigenvalue weighted by atomic mass is 19.1. The second kappa shape index (κ2) is 4.37. The molecule has 4 heteroatoms. The minimum Gasteiger partial charge on any atom is -0.349 e. The van der Waals surface area contributed by atoms with Gasteiger partial charge in [0.25, 0.3) is 0 Å². The van der Waals surface area contributed by atoms with Crippen molar-refractivity contribution in [2.45, 2.75) is 31.6 Å². The Morgan fingerprint density at radius 1 is 1.85 bits per heavy atom. The summed E-state index contributed by atoms with van der Waals surface area (Å²) in [6, 6.07) is -0.439. The van der Waals surface area contributed by atoms with Gasteiger partial charge in [0.15, 0.2) is 0 Å². The van der Waals surface area contributed by atoms with Gasteiger partial charge in [-0.25, -0.2) is 4.39 Å². The lowest BCUT2D eigenvalue weighted by atomic mass is 10.2. The first-order valence-corrected chi connectivity index (χ1v) is 4.44. The van der Waals surface area contributed by atoms with E-state index in [9.17, 15) is 9.18 Å². The number of nitrogens with one attached hydrogen (secondary N) is 2. The Morgan fingerprint density at radius 2 is 2.54 bits per heavy atom. The lowest BCUT2D eigenvalue weighted by molar-refractivity contribution is -0.123. The second-order valence-electron chi connectivity index (χ2n) is 3.33. The molecule has 0 spiro atoms. The van der Waals surface area contributed by atoms with Crippen molar-refractivity contribution in [3.05, 3.63) is 12.7 Å². The normalized spacial score (nSPS) is 29.7. The third kappa shape index (κ3) is 2.81. The Balaban J connectivity index is 2.35. The van der Waals surface area contributed by atoms with E-state index < -0.39 is 6.17 Å². The second-order valence-corrected chi connectivity index (χ2v) is 3.33. The fraction of sp³-hybridized carbons (Fsp3) is 0.667. The molecule has 3 nitrogen and oxygen atoms in total.